The van der Waals surface area contributed by atoms with E-state index in [1.54, 1.807) is 19.2 Å². The van der Waals surface area contributed by atoms with E-state index in [9.17, 15) is 18.0 Å². The summed E-state index contributed by atoms with van der Waals surface area (Å²) in [5.41, 5.74) is 0.584. The number of pyridine rings is 3. The Labute approximate surface area is 193 Å². The van der Waals surface area contributed by atoms with Crippen molar-refractivity contribution in [3.63, 3.8) is 0 Å². The lowest BCUT2D eigenvalue weighted by molar-refractivity contribution is -0.138. The fourth-order valence-corrected chi connectivity index (χ4v) is 4.04. The largest absolute Gasteiger partial charge is 0.486 e. The van der Waals surface area contributed by atoms with Crippen molar-refractivity contribution in [1.29, 1.82) is 0 Å². The minimum atomic E-state index is -4.52. The first-order valence-corrected chi connectivity index (χ1v) is 10.6. The van der Waals surface area contributed by atoms with Gasteiger partial charge in [0.15, 0.2) is 0 Å². The molecule has 0 amide bonds. The number of nitrogens with zero attached hydrogens (tertiary/aromatic N) is 5. The van der Waals surface area contributed by atoms with Crippen molar-refractivity contribution < 1.29 is 22.6 Å². The number of anilines is 1. The van der Waals surface area contributed by atoms with Crippen molar-refractivity contribution in [3.05, 3.63) is 64.0 Å². The van der Waals surface area contributed by atoms with E-state index in [1.165, 1.54) is 16.8 Å². The van der Waals surface area contributed by atoms with Crippen LogP contribution in [0.15, 0.2) is 41.5 Å². The van der Waals surface area contributed by atoms with Gasteiger partial charge in [0.1, 0.15) is 18.0 Å². The SMILES string of the molecule is [C-]#[N+]c1ccc2c(n1)c(N1CC[C@H](Oc3cncc(C(F)(F)F)c3)[C@@H](OCC)C1)cc(=O)n2C. The van der Waals surface area contributed by atoms with Crippen molar-refractivity contribution in [2.75, 3.05) is 24.6 Å². The maximum atomic E-state index is 13.0. The number of halogens is 3. The highest BCUT2D eigenvalue weighted by Crippen LogP contribution is 2.33. The van der Waals surface area contributed by atoms with Gasteiger partial charge in [0, 0.05) is 45.4 Å². The number of hydrogen-bond donors (Lipinski definition) is 0. The smallest absolute Gasteiger partial charge is 0.418 e. The highest BCUT2D eigenvalue weighted by molar-refractivity contribution is 5.89. The Hall–Kier alpha value is -3.65. The molecule has 0 spiro atoms. The van der Waals surface area contributed by atoms with Crippen LogP contribution in [-0.4, -0.2) is 46.4 Å². The first-order valence-electron chi connectivity index (χ1n) is 10.6. The topological polar surface area (TPSA) is 73.8 Å². The van der Waals surface area contributed by atoms with Gasteiger partial charge in [-0.3, -0.25) is 9.78 Å². The van der Waals surface area contributed by atoms with Crippen LogP contribution in [0.5, 0.6) is 5.75 Å². The number of piperidine rings is 1. The van der Waals surface area contributed by atoms with Crippen LogP contribution in [-0.2, 0) is 18.0 Å². The number of rotatable bonds is 5. The zero-order chi connectivity index (χ0) is 24.5. The van der Waals surface area contributed by atoms with E-state index in [2.05, 4.69) is 14.8 Å². The lowest BCUT2D eigenvalue weighted by Gasteiger charge is -2.39. The molecule has 0 N–H and O–H groups in total. The lowest BCUT2D eigenvalue weighted by Crippen LogP contribution is -2.50. The van der Waals surface area contributed by atoms with Gasteiger partial charge in [-0.1, -0.05) is 6.57 Å². The monoisotopic (exact) mass is 473 g/mol. The summed E-state index contributed by atoms with van der Waals surface area (Å²) in [5, 5.41) is 0. The molecule has 0 aromatic carbocycles. The summed E-state index contributed by atoms with van der Waals surface area (Å²) in [6.07, 6.45) is -3.08. The van der Waals surface area contributed by atoms with Gasteiger partial charge in [-0.15, -0.1) is 4.98 Å². The van der Waals surface area contributed by atoms with Crippen molar-refractivity contribution in [3.8, 4) is 5.75 Å². The van der Waals surface area contributed by atoms with Crippen LogP contribution in [0.1, 0.15) is 18.9 Å². The molecule has 4 rings (SSSR count). The Kier molecular flexibility index (Phi) is 6.43. The molecule has 4 heterocycles. The number of ether oxygens (including phenoxy) is 2. The van der Waals surface area contributed by atoms with Crippen LogP contribution in [0, 0.1) is 6.57 Å². The zero-order valence-electron chi connectivity index (χ0n) is 18.5. The second kappa shape index (κ2) is 9.30. The molecule has 0 unspecified atom stereocenters. The molecule has 178 valence electrons. The van der Waals surface area contributed by atoms with Crippen molar-refractivity contribution in [2.24, 2.45) is 7.05 Å². The summed E-state index contributed by atoms with van der Waals surface area (Å²) in [5.74, 6) is 0.226. The van der Waals surface area contributed by atoms with Crippen molar-refractivity contribution in [1.82, 2.24) is 14.5 Å². The van der Waals surface area contributed by atoms with Gasteiger partial charge in [0.2, 0.25) is 5.52 Å². The van der Waals surface area contributed by atoms with Crippen molar-refractivity contribution >= 4 is 22.5 Å². The molecule has 8 nitrogen and oxygen atoms in total. The molecule has 0 saturated carbocycles. The zero-order valence-corrected chi connectivity index (χ0v) is 18.5. The fraction of sp³-hybridized carbons (Fsp3) is 0.391. The molecular weight excluding hydrogens is 451 g/mol. The highest BCUT2D eigenvalue weighted by atomic mass is 19.4. The third kappa shape index (κ3) is 4.68. The van der Waals surface area contributed by atoms with Gasteiger partial charge >= 0.3 is 6.18 Å². The number of aryl methyl sites for hydroxylation is 1. The van der Waals surface area contributed by atoms with Crippen LogP contribution in [0.4, 0.5) is 24.7 Å². The van der Waals surface area contributed by atoms with Gasteiger partial charge in [0.05, 0.1) is 23.0 Å². The standard InChI is InChI=1S/C23H22F3N5O3/c1-4-33-19-13-31(8-7-18(19)34-15-9-14(11-28-12-15)23(24,25)26)17-10-21(32)30(3)16-5-6-20(27-2)29-22(16)17/h5-6,9-12,18-19H,4,7-8,13H2,1,3H3/t18-,19-/m0/s1. The Morgan fingerprint density at radius 1 is 1.24 bits per heavy atom. The Balaban J connectivity index is 1.63. The van der Waals surface area contributed by atoms with Crippen LogP contribution in [0.3, 0.4) is 0 Å². The summed E-state index contributed by atoms with van der Waals surface area (Å²) < 4.78 is 52.3. The number of hydrogen-bond acceptors (Lipinski definition) is 6. The van der Waals surface area contributed by atoms with Crippen LogP contribution < -0.4 is 15.2 Å². The average molecular weight is 473 g/mol. The quantitative estimate of drug-likeness (QED) is 0.523. The molecule has 2 atom stereocenters. The van der Waals surface area contributed by atoms with Gasteiger partial charge in [0.25, 0.3) is 11.4 Å². The average Bonchev–Trinajstić information content (AvgIpc) is 2.82. The third-order valence-electron chi connectivity index (χ3n) is 5.72. The van der Waals surface area contributed by atoms with E-state index < -0.39 is 23.9 Å². The Morgan fingerprint density at radius 3 is 2.74 bits per heavy atom. The van der Waals surface area contributed by atoms with Crippen LogP contribution >= 0.6 is 0 Å². The third-order valence-corrected chi connectivity index (χ3v) is 5.72. The maximum Gasteiger partial charge on any atom is 0.418 e. The first-order chi connectivity index (χ1) is 16.2. The number of fused-ring (bicyclic) bond motifs is 1. The molecule has 1 aliphatic rings. The second-order valence-corrected chi connectivity index (χ2v) is 7.87. The molecule has 3 aromatic rings. The fourth-order valence-electron chi connectivity index (χ4n) is 4.04. The summed E-state index contributed by atoms with van der Waals surface area (Å²) in [6, 6.07) is 5.65. The molecule has 3 aromatic heterocycles. The molecule has 11 heteroatoms. The van der Waals surface area contributed by atoms with E-state index in [1.807, 2.05) is 11.8 Å². The van der Waals surface area contributed by atoms with Crippen molar-refractivity contribution in [2.45, 2.75) is 31.7 Å². The normalized spacial score (nSPS) is 18.6. The summed E-state index contributed by atoms with van der Waals surface area (Å²) >= 11 is 0. The predicted molar refractivity (Wildman–Crippen MR) is 119 cm³/mol. The number of alkyl halides is 3. The second-order valence-electron chi connectivity index (χ2n) is 7.87. The van der Waals surface area contributed by atoms with Gasteiger partial charge < -0.3 is 23.8 Å². The summed E-state index contributed by atoms with van der Waals surface area (Å²) in [7, 11) is 1.64. The molecular formula is C23H22F3N5O3. The van der Waals surface area contributed by atoms with E-state index in [-0.39, 0.29) is 17.1 Å². The number of aromatic nitrogens is 3. The predicted octanol–water partition coefficient (Wildman–Crippen LogP) is 3.96. The molecule has 1 aliphatic heterocycles. The lowest BCUT2D eigenvalue weighted by atomic mass is 10.0. The summed E-state index contributed by atoms with van der Waals surface area (Å²) in [4.78, 5) is 26.0. The van der Waals surface area contributed by atoms with E-state index in [0.29, 0.717) is 42.8 Å². The van der Waals surface area contributed by atoms with Gasteiger partial charge in [-0.05, 0) is 25.1 Å². The van der Waals surface area contributed by atoms with Crippen LogP contribution in [0.25, 0.3) is 15.9 Å². The van der Waals surface area contributed by atoms with E-state index in [4.69, 9.17) is 16.0 Å². The van der Waals surface area contributed by atoms with E-state index in [0.717, 1.165) is 12.3 Å². The molecule has 0 radical (unpaired) electrons. The minimum absolute atomic E-state index is 0.0142. The molecule has 0 bridgehead atoms. The Bertz CT molecular complexity index is 1300. The Morgan fingerprint density at radius 2 is 2.03 bits per heavy atom. The molecule has 1 saturated heterocycles. The van der Waals surface area contributed by atoms with Crippen LogP contribution in [0.2, 0.25) is 0 Å². The molecule has 0 aliphatic carbocycles. The molecule has 34 heavy (non-hydrogen) atoms. The van der Waals surface area contributed by atoms with E-state index >= 15 is 0 Å². The highest BCUT2D eigenvalue weighted by Gasteiger charge is 2.35. The summed E-state index contributed by atoms with van der Waals surface area (Å²) in [6.45, 7) is 10.2. The van der Waals surface area contributed by atoms with Gasteiger partial charge in [-0.2, -0.15) is 13.2 Å². The molecule has 1 fully saturated rings. The first kappa shape index (κ1) is 23.5. The van der Waals surface area contributed by atoms with Gasteiger partial charge in [-0.25, -0.2) is 0 Å². The maximum absolute atomic E-state index is 13.0. The minimum Gasteiger partial charge on any atom is -0.486 e.